The SMILES string of the molecule is CCCn1nncc1C(=O)C(C)(O)CC. The van der Waals surface area contributed by atoms with Crippen molar-refractivity contribution >= 4 is 5.78 Å². The summed E-state index contributed by atoms with van der Waals surface area (Å²) in [6.45, 7) is 5.92. The van der Waals surface area contributed by atoms with E-state index in [2.05, 4.69) is 10.3 Å². The molecule has 0 saturated carbocycles. The molecule has 1 atom stereocenters. The van der Waals surface area contributed by atoms with Gasteiger partial charge in [-0.25, -0.2) is 4.68 Å². The molecule has 1 aromatic heterocycles. The third kappa shape index (κ3) is 2.41. The molecule has 5 heteroatoms. The van der Waals surface area contributed by atoms with Gasteiger partial charge in [0.05, 0.1) is 6.20 Å². The van der Waals surface area contributed by atoms with Gasteiger partial charge in [-0.15, -0.1) is 5.10 Å². The number of aryl methyl sites for hydroxylation is 1. The van der Waals surface area contributed by atoms with Crippen LogP contribution in [0, 0.1) is 0 Å². The van der Waals surface area contributed by atoms with Crippen molar-refractivity contribution in [2.75, 3.05) is 0 Å². The molecule has 0 saturated heterocycles. The van der Waals surface area contributed by atoms with Crippen molar-refractivity contribution in [3.05, 3.63) is 11.9 Å². The number of Topliss-reactive ketones (excluding diaryl/α,β-unsaturated/α-hetero) is 1. The van der Waals surface area contributed by atoms with E-state index in [0.717, 1.165) is 6.42 Å². The molecular formula is C10H17N3O2. The molecule has 0 aliphatic heterocycles. The van der Waals surface area contributed by atoms with E-state index in [4.69, 9.17) is 0 Å². The van der Waals surface area contributed by atoms with Crippen molar-refractivity contribution in [1.29, 1.82) is 0 Å². The van der Waals surface area contributed by atoms with Gasteiger partial charge in [-0.2, -0.15) is 0 Å². The van der Waals surface area contributed by atoms with Crippen LogP contribution in [-0.2, 0) is 6.54 Å². The maximum absolute atomic E-state index is 11.9. The van der Waals surface area contributed by atoms with Gasteiger partial charge in [0.1, 0.15) is 11.3 Å². The summed E-state index contributed by atoms with van der Waals surface area (Å²) in [7, 11) is 0. The third-order valence-electron chi connectivity index (χ3n) is 2.46. The Labute approximate surface area is 89.1 Å². The number of hydrogen-bond donors (Lipinski definition) is 1. The van der Waals surface area contributed by atoms with Crippen LogP contribution in [0.25, 0.3) is 0 Å². The van der Waals surface area contributed by atoms with Crippen molar-refractivity contribution in [3.8, 4) is 0 Å². The highest BCUT2D eigenvalue weighted by Gasteiger charge is 2.31. The van der Waals surface area contributed by atoms with Crippen LogP contribution in [0.15, 0.2) is 6.20 Å². The molecule has 84 valence electrons. The van der Waals surface area contributed by atoms with Gasteiger partial charge in [-0.3, -0.25) is 4.79 Å². The maximum Gasteiger partial charge on any atom is 0.213 e. The number of rotatable bonds is 5. The molecule has 15 heavy (non-hydrogen) atoms. The Hall–Kier alpha value is -1.23. The summed E-state index contributed by atoms with van der Waals surface area (Å²) in [6.07, 6.45) is 2.66. The Morgan fingerprint density at radius 2 is 2.27 bits per heavy atom. The zero-order valence-corrected chi connectivity index (χ0v) is 9.40. The van der Waals surface area contributed by atoms with Crippen LogP contribution in [-0.4, -0.2) is 31.5 Å². The zero-order chi connectivity index (χ0) is 11.5. The largest absolute Gasteiger partial charge is 0.382 e. The molecule has 1 heterocycles. The van der Waals surface area contributed by atoms with E-state index in [1.165, 1.54) is 17.8 Å². The molecule has 0 spiro atoms. The molecule has 0 radical (unpaired) electrons. The second-order valence-electron chi connectivity index (χ2n) is 3.80. The Kier molecular flexibility index (Phi) is 3.57. The first-order valence-corrected chi connectivity index (χ1v) is 5.18. The quantitative estimate of drug-likeness (QED) is 0.739. The number of aromatic nitrogens is 3. The molecule has 0 amide bonds. The van der Waals surface area contributed by atoms with Crippen molar-refractivity contribution in [3.63, 3.8) is 0 Å². The average molecular weight is 211 g/mol. The van der Waals surface area contributed by atoms with Gasteiger partial charge in [-0.05, 0) is 19.8 Å². The highest BCUT2D eigenvalue weighted by atomic mass is 16.3. The van der Waals surface area contributed by atoms with Crippen LogP contribution < -0.4 is 0 Å². The third-order valence-corrected chi connectivity index (χ3v) is 2.46. The molecule has 0 fully saturated rings. The Balaban J connectivity index is 2.96. The minimum atomic E-state index is -1.33. The van der Waals surface area contributed by atoms with Crippen molar-refractivity contribution in [2.24, 2.45) is 0 Å². The van der Waals surface area contributed by atoms with Crippen LogP contribution in [0.5, 0.6) is 0 Å². The Morgan fingerprint density at radius 3 is 2.80 bits per heavy atom. The second kappa shape index (κ2) is 4.53. The van der Waals surface area contributed by atoms with E-state index in [1.54, 1.807) is 6.92 Å². The van der Waals surface area contributed by atoms with Gasteiger partial charge in [0.25, 0.3) is 0 Å². The fourth-order valence-corrected chi connectivity index (χ4v) is 1.25. The van der Waals surface area contributed by atoms with Gasteiger partial charge in [0.2, 0.25) is 5.78 Å². The molecule has 1 rings (SSSR count). The normalized spacial score (nSPS) is 14.9. The number of hydrogen-bond acceptors (Lipinski definition) is 4. The monoisotopic (exact) mass is 211 g/mol. The number of carbonyl (C=O) groups excluding carboxylic acids is 1. The second-order valence-corrected chi connectivity index (χ2v) is 3.80. The van der Waals surface area contributed by atoms with E-state index in [9.17, 15) is 9.90 Å². The van der Waals surface area contributed by atoms with Crippen LogP contribution in [0.3, 0.4) is 0 Å². The van der Waals surface area contributed by atoms with Crippen LogP contribution in [0.2, 0.25) is 0 Å². The van der Waals surface area contributed by atoms with Crippen molar-refractivity contribution in [2.45, 2.75) is 45.8 Å². The molecule has 1 unspecified atom stereocenters. The first kappa shape index (κ1) is 11.8. The number of carbonyl (C=O) groups is 1. The van der Waals surface area contributed by atoms with Crippen molar-refractivity contribution < 1.29 is 9.90 Å². The summed E-state index contributed by atoms with van der Waals surface area (Å²) >= 11 is 0. The topological polar surface area (TPSA) is 68.0 Å². The molecule has 5 nitrogen and oxygen atoms in total. The summed E-state index contributed by atoms with van der Waals surface area (Å²) in [5.74, 6) is -0.316. The minimum Gasteiger partial charge on any atom is -0.382 e. The summed E-state index contributed by atoms with van der Waals surface area (Å²) in [6, 6.07) is 0. The van der Waals surface area contributed by atoms with Gasteiger partial charge < -0.3 is 5.11 Å². The minimum absolute atomic E-state index is 0.316. The highest BCUT2D eigenvalue weighted by molar-refractivity contribution is 6.00. The van der Waals surface area contributed by atoms with Gasteiger partial charge in [0.15, 0.2) is 0 Å². The van der Waals surface area contributed by atoms with Gasteiger partial charge >= 0.3 is 0 Å². The summed E-state index contributed by atoms with van der Waals surface area (Å²) in [5.41, 5.74) is -0.948. The molecule has 0 bridgehead atoms. The molecule has 1 N–H and O–H groups in total. The predicted molar refractivity (Wildman–Crippen MR) is 55.6 cm³/mol. The molecule has 0 aliphatic carbocycles. The molecule has 0 aliphatic rings. The number of nitrogens with zero attached hydrogens (tertiary/aromatic N) is 3. The molecular weight excluding hydrogens is 194 g/mol. The van der Waals surface area contributed by atoms with Gasteiger partial charge in [0, 0.05) is 6.54 Å². The number of aliphatic hydroxyl groups is 1. The Morgan fingerprint density at radius 1 is 1.60 bits per heavy atom. The fourth-order valence-electron chi connectivity index (χ4n) is 1.25. The summed E-state index contributed by atoms with van der Waals surface area (Å²) in [4.78, 5) is 11.9. The summed E-state index contributed by atoms with van der Waals surface area (Å²) < 4.78 is 1.53. The smallest absolute Gasteiger partial charge is 0.213 e. The lowest BCUT2D eigenvalue weighted by Gasteiger charge is -2.19. The first-order valence-electron chi connectivity index (χ1n) is 5.18. The lowest BCUT2D eigenvalue weighted by Crippen LogP contribution is -2.35. The summed E-state index contributed by atoms with van der Waals surface area (Å²) in [5, 5.41) is 17.3. The number of ketones is 1. The van der Waals surface area contributed by atoms with E-state index in [-0.39, 0.29) is 5.78 Å². The van der Waals surface area contributed by atoms with E-state index in [1.807, 2.05) is 6.92 Å². The van der Waals surface area contributed by atoms with Gasteiger partial charge in [-0.1, -0.05) is 19.1 Å². The van der Waals surface area contributed by atoms with Crippen LogP contribution in [0.4, 0.5) is 0 Å². The van der Waals surface area contributed by atoms with Crippen LogP contribution in [0.1, 0.15) is 44.1 Å². The lowest BCUT2D eigenvalue weighted by atomic mass is 9.96. The maximum atomic E-state index is 11.9. The lowest BCUT2D eigenvalue weighted by molar-refractivity contribution is 0.0379. The fraction of sp³-hybridized carbons (Fsp3) is 0.700. The molecule has 1 aromatic rings. The molecule has 0 aromatic carbocycles. The highest BCUT2D eigenvalue weighted by Crippen LogP contribution is 2.15. The standard InChI is InChI=1S/C10H17N3O2/c1-4-6-13-8(7-11-12-13)9(14)10(3,15)5-2/h7,15H,4-6H2,1-3H3. The van der Waals surface area contributed by atoms with E-state index in [0.29, 0.717) is 18.7 Å². The van der Waals surface area contributed by atoms with Crippen molar-refractivity contribution in [1.82, 2.24) is 15.0 Å². The van der Waals surface area contributed by atoms with E-state index < -0.39 is 5.60 Å². The first-order chi connectivity index (χ1) is 7.03. The average Bonchev–Trinajstić information content (AvgIpc) is 2.65. The van der Waals surface area contributed by atoms with E-state index >= 15 is 0 Å². The zero-order valence-electron chi connectivity index (χ0n) is 9.40. The predicted octanol–water partition coefficient (Wildman–Crippen LogP) is 1.03. The van der Waals surface area contributed by atoms with Crippen LogP contribution >= 0.6 is 0 Å². The Bertz CT molecular complexity index is 344.